The summed E-state index contributed by atoms with van der Waals surface area (Å²) in [5.74, 6) is 0.399. The lowest BCUT2D eigenvalue weighted by molar-refractivity contribution is -0.113. The Morgan fingerprint density at radius 3 is 2.61 bits per heavy atom. The van der Waals surface area contributed by atoms with Crippen molar-refractivity contribution in [1.29, 1.82) is 0 Å². The average molecular weight is 394 g/mol. The Balaban J connectivity index is 1.48. The maximum absolute atomic E-state index is 13.1. The molecule has 0 radical (unpaired) electrons. The first-order valence-corrected chi connectivity index (χ1v) is 11.3. The predicted molar refractivity (Wildman–Crippen MR) is 114 cm³/mol. The van der Waals surface area contributed by atoms with Gasteiger partial charge >= 0.3 is 0 Å². The molecule has 2 aliphatic carbocycles. The summed E-state index contributed by atoms with van der Waals surface area (Å²) in [4.78, 5) is 14.5. The van der Waals surface area contributed by atoms with Crippen LogP contribution >= 0.6 is 11.3 Å². The lowest BCUT2D eigenvalue weighted by Crippen LogP contribution is -2.47. The summed E-state index contributed by atoms with van der Waals surface area (Å²) in [6.45, 7) is 0. The molecule has 1 saturated carbocycles. The van der Waals surface area contributed by atoms with E-state index >= 15 is 0 Å². The fourth-order valence-corrected chi connectivity index (χ4v) is 5.94. The highest BCUT2D eigenvalue weighted by atomic mass is 32.1. The van der Waals surface area contributed by atoms with E-state index in [1.165, 1.54) is 36.3 Å². The first-order valence-electron chi connectivity index (χ1n) is 10.4. The van der Waals surface area contributed by atoms with Crippen LogP contribution < -0.4 is 16.0 Å². The fourth-order valence-electron chi connectivity index (χ4n) is 5.09. The van der Waals surface area contributed by atoms with Crippen molar-refractivity contribution in [3.8, 4) is 0 Å². The van der Waals surface area contributed by atoms with E-state index in [0.29, 0.717) is 24.0 Å². The van der Waals surface area contributed by atoms with Crippen molar-refractivity contribution in [2.24, 2.45) is 5.92 Å². The summed E-state index contributed by atoms with van der Waals surface area (Å²) in [5.41, 5.74) is 3.00. The number of carbonyl (C=O) groups excluding carboxylic acids is 1. The van der Waals surface area contributed by atoms with E-state index in [4.69, 9.17) is 0 Å². The van der Waals surface area contributed by atoms with Gasteiger partial charge in [0.2, 0.25) is 0 Å². The Bertz CT molecular complexity index is 861. The van der Waals surface area contributed by atoms with E-state index in [2.05, 4.69) is 33.5 Å². The molecule has 3 aliphatic rings. The molecule has 4 atom stereocenters. The number of rotatable bonds is 3. The summed E-state index contributed by atoms with van der Waals surface area (Å²) in [6.07, 6.45) is 6.81. The predicted octanol–water partition coefficient (Wildman–Crippen LogP) is 4.60. The zero-order chi connectivity index (χ0) is 18.9. The summed E-state index contributed by atoms with van der Waals surface area (Å²) in [5, 5.41) is 13.1. The summed E-state index contributed by atoms with van der Waals surface area (Å²) in [7, 11) is 0. The first kappa shape index (κ1) is 18.0. The second-order valence-corrected chi connectivity index (χ2v) is 9.14. The Kier molecular flexibility index (Phi) is 4.95. The van der Waals surface area contributed by atoms with Gasteiger partial charge < -0.3 is 16.0 Å². The van der Waals surface area contributed by atoms with Crippen LogP contribution in [0.1, 0.15) is 49.4 Å². The van der Waals surface area contributed by atoms with Crippen LogP contribution in [0.2, 0.25) is 0 Å². The lowest BCUT2D eigenvalue weighted by atomic mass is 9.90. The monoisotopic (exact) mass is 393 g/mol. The molecule has 5 rings (SSSR count). The molecule has 146 valence electrons. The highest BCUT2D eigenvalue weighted by molar-refractivity contribution is 7.10. The molecule has 2 aromatic rings. The minimum absolute atomic E-state index is 0.0513. The molecule has 1 aliphatic heterocycles. The number of hydrogen-bond donors (Lipinski definition) is 3. The van der Waals surface area contributed by atoms with Gasteiger partial charge in [0.1, 0.15) is 0 Å². The van der Waals surface area contributed by atoms with Crippen LogP contribution in [-0.2, 0) is 4.79 Å². The van der Waals surface area contributed by atoms with Crippen molar-refractivity contribution in [3.63, 3.8) is 0 Å². The maximum atomic E-state index is 13.1. The van der Waals surface area contributed by atoms with Gasteiger partial charge in [0.15, 0.2) is 0 Å². The molecule has 0 unspecified atom stereocenters. The minimum atomic E-state index is 0.0513. The van der Waals surface area contributed by atoms with E-state index in [1.54, 1.807) is 0 Å². The van der Waals surface area contributed by atoms with Crippen molar-refractivity contribution < 1.29 is 4.79 Å². The number of hydrogen-bond acceptors (Lipinski definition) is 4. The van der Waals surface area contributed by atoms with E-state index < -0.39 is 0 Å². The van der Waals surface area contributed by atoms with Crippen LogP contribution in [-0.4, -0.2) is 18.0 Å². The molecular weight excluding hydrogens is 366 g/mol. The third kappa shape index (κ3) is 3.38. The van der Waals surface area contributed by atoms with Gasteiger partial charge in [-0.1, -0.05) is 37.1 Å². The molecule has 1 aromatic heterocycles. The quantitative estimate of drug-likeness (QED) is 0.715. The Morgan fingerprint density at radius 1 is 1.00 bits per heavy atom. The molecule has 1 aromatic carbocycles. The molecule has 28 heavy (non-hydrogen) atoms. The highest BCUT2D eigenvalue weighted by Gasteiger charge is 2.42. The number of fused-ring (bicyclic) bond motifs is 2. The van der Waals surface area contributed by atoms with Crippen molar-refractivity contribution in [2.75, 3.05) is 5.32 Å². The van der Waals surface area contributed by atoms with Crippen molar-refractivity contribution in [2.45, 2.75) is 56.7 Å². The maximum Gasteiger partial charge on any atom is 0.253 e. The van der Waals surface area contributed by atoms with Crippen LogP contribution in [0.3, 0.4) is 0 Å². The standard InChI is InChI=1S/C23H27N3OS/c27-23(24-15-7-2-1-3-8-15)17-13-12-16-21(17)25-18-9-4-5-10-19(18)26-22(16)20-11-6-14-28-20/h1-3,6-8,11,14,16,18-19,22,25-26H,4-5,9-10,12-13H2,(H,24,27)/t16-,18-,19-,22+/m0/s1. The van der Waals surface area contributed by atoms with Gasteiger partial charge in [0, 0.05) is 39.8 Å². The molecule has 5 heteroatoms. The van der Waals surface area contributed by atoms with Gasteiger partial charge in [-0.05, 0) is 49.3 Å². The van der Waals surface area contributed by atoms with E-state index in [1.807, 2.05) is 41.7 Å². The topological polar surface area (TPSA) is 53.2 Å². The van der Waals surface area contributed by atoms with Crippen molar-refractivity contribution in [3.05, 3.63) is 64.0 Å². The molecule has 4 nitrogen and oxygen atoms in total. The number of carbonyl (C=O) groups is 1. The highest BCUT2D eigenvalue weighted by Crippen LogP contribution is 2.44. The molecule has 1 saturated heterocycles. The minimum Gasteiger partial charge on any atom is -0.383 e. The molecule has 3 N–H and O–H groups in total. The Hall–Kier alpha value is -2.11. The van der Waals surface area contributed by atoms with Crippen LogP contribution in [0, 0.1) is 5.92 Å². The smallest absolute Gasteiger partial charge is 0.253 e. The number of benzene rings is 1. The van der Waals surface area contributed by atoms with Crippen LogP contribution in [0.5, 0.6) is 0 Å². The molecule has 2 heterocycles. The number of thiophene rings is 1. The second kappa shape index (κ2) is 7.72. The van der Waals surface area contributed by atoms with Gasteiger partial charge in [-0.15, -0.1) is 11.3 Å². The molecule has 1 amide bonds. The molecule has 2 fully saturated rings. The number of para-hydroxylation sites is 1. The number of anilines is 1. The summed E-state index contributed by atoms with van der Waals surface area (Å²) < 4.78 is 0. The van der Waals surface area contributed by atoms with Crippen molar-refractivity contribution >= 4 is 22.9 Å². The Morgan fingerprint density at radius 2 is 1.82 bits per heavy atom. The lowest BCUT2D eigenvalue weighted by Gasteiger charge is -2.33. The normalized spacial score (nSPS) is 29.4. The van der Waals surface area contributed by atoms with Gasteiger partial charge in [-0.2, -0.15) is 0 Å². The van der Waals surface area contributed by atoms with Gasteiger partial charge in [-0.3, -0.25) is 4.79 Å². The third-order valence-corrected chi connectivity index (χ3v) is 7.41. The van der Waals surface area contributed by atoms with E-state index in [-0.39, 0.29) is 5.91 Å². The third-order valence-electron chi connectivity index (χ3n) is 6.46. The molecular formula is C23H27N3OS. The average Bonchev–Trinajstić information content (AvgIpc) is 3.36. The number of nitrogens with one attached hydrogen (secondary N) is 3. The van der Waals surface area contributed by atoms with Gasteiger partial charge in [0.25, 0.3) is 5.91 Å². The second-order valence-electron chi connectivity index (χ2n) is 8.16. The summed E-state index contributed by atoms with van der Waals surface area (Å²) in [6, 6.07) is 15.4. The fraction of sp³-hybridized carbons (Fsp3) is 0.435. The van der Waals surface area contributed by atoms with Gasteiger partial charge in [0.05, 0.1) is 6.04 Å². The zero-order valence-electron chi connectivity index (χ0n) is 16.0. The van der Waals surface area contributed by atoms with Crippen LogP contribution in [0.15, 0.2) is 59.1 Å². The SMILES string of the molecule is O=C(Nc1ccccc1)C1=C2N[C@H]3CCCC[C@@H]3N[C@@H](c3cccs3)[C@H]2CC1. The van der Waals surface area contributed by atoms with E-state index in [9.17, 15) is 4.79 Å². The zero-order valence-corrected chi connectivity index (χ0v) is 16.8. The van der Waals surface area contributed by atoms with Crippen molar-refractivity contribution in [1.82, 2.24) is 10.6 Å². The van der Waals surface area contributed by atoms with Crippen LogP contribution in [0.4, 0.5) is 5.69 Å². The molecule has 0 bridgehead atoms. The van der Waals surface area contributed by atoms with Gasteiger partial charge in [-0.25, -0.2) is 0 Å². The molecule has 0 spiro atoms. The number of amides is 1. The van der Waals surface area contributed by atoms with Crippen LogP contribution in [0.25, 0.3) is 0 Å². The first-order chi connectivity index (χ1) is 13.8. The Labute approximate surface area is 170 Å². The summed E-state index contributed by atoms with van der Waals surface area (Å²) >= 11 is 1.83. The largest absolute Gasteiger partial charge is 0.383 e. The van der Waals surface area contributed by atoms with E-state index in [0.717, 1.165) is 24.1 Å².